The van der Waals surface area contributed by atoms with Crippen LogP contribution >= 0.6 is 0 Å². The third kappa shape index (κ3) is 5.00. The summed E-state index contributed by atoms with van der Waals surface area (Å²) in [5.74, 6) is 0.934. The maximum Gasteiger partial charge on any atom is 0.121 e. The van der Waals surface area contributed by atoms with E-state index in [4.69, 9.17) is 4.74 Å². The average molecular weight is 401 g/mol. The van der Waals surface area contributed by atoms with E-state index in [1.165, 1.54) is 22.4 Å². The molecule has 0 saturated carbocycles. The van der Waals surface area contributed by atoms with Gasteiger partial charge in [0.1, 0.15) is 5.75 Å². The summed E-state index contributed by atoms with van der Waals surface area (Å²) in [6.07, 6.45) is 0.803. The molecule has 1 aromatic carbocycles. The van der Waals surface area contributed by atoms with Crippen LogP contribution in [0.5, 0.6) is 5.75 Å². The minimum Gasteiger partial charge on any atom is -0.496 e. The Morgan fingerprint density at radius 3 is 2.59 bits per heavy atom. The van der Waals surface area contributed by atoms with Gasteiger partial charge in [-0.15, -0.1) is 0 Å². The molecule has 1 N–H and O–H groups in total. The quantitative estimate of drug-likeness (QED) is 0.738. The molecule has 0 radical (unpaired) electrons. The van der Waals surface area contributed by atoms with Crippen molar-refractivity contribution in [1.29, 1.82) is 0 Å². The number of methoxy groups -OCH3 is 1. The molecule has 0 aliphatic carbocycles. The van der Waals surface area contributed by atoms with E-state index in [0.717, 1.165) is 57.1 Å². The summed E-state index contributed by atoms with van der Waals surface area (Å²) < 4.78 is 7.48. The van der Waals surface area contributed by atoms with Crippen LogP contribution < -0.4 is 4.74 Å². The normalized spacial score (nSPS) is 18.3. The smallest absolute Gasteiger partial charge is 0.121 e. The van der Waals surface area contributed by atoms with E-state index in [1.54, 1.807) is 7.11 Å². The number of aryl methyl sites for hydroxylation is 3. The lowest BCUT2D eigenvalue weighted by Gasteiger charge is -2.41. The minimum absolute atomic E-state index is 0.225. The van der Waals surface area contributed by atoms with Crippen LogP contribution in [0.2, 0.25) is 0 Å². The van der Waals surface area contributed by atoms with Gasteiger partial charge in [0, 0.05) is 63.2 Å². The fraction of sp³-hybridized carbons (Fsp3) is 0.609. The first-order chi connectivity index (χ1) is 14.0. The van der Waals surface area contributed by atoms with Crippen LogP contribution in [0.4, 0.5) is 0 Å². The Hall–Kier alpha value is -1.89. The van der Waals surface area contributed by atoms with Crippen LogP contribution in [0.15, 0.2) is 18.2 Å². The van der Waals surface area contributed by atoms with E-state index in [9.17, 15) is 5.11 Å². The zero-order valence-electron chi connectivity index (χ0n) is 18.6. The van der Waals surface area contributed by atoms with Crippen molar-refractivity contribution in [2.75, 3.05) is 33.4 Å². The Balaban J connectivity index is 1.68. The van der Waals surface area contributed by atoms with Gasteiger partial charge in [-0.1, -0.05) is 12.1 Å². The molecule has 1 aromatic heterocycles. The molecule has 2 heterocycles. The van der Waals surface area contributed by atoms with Crippen molar-refractivity contribution in [3.05, 3.63) is 46.3 Å². The van der Waals surface area contributed by atoms with Gasteiger partial charge in [-0.05, 0) is 51.3 Å². The predicted molar refractivity (Wildman–Crippen MR) is 116 cm³/mol. The Kier molecular flexibility index (Phi) is 7.33. The van der Waals surface area contributed by atoms with E-state index in [-0.39, 0.29) is 6.61 Å². The summed E-state index contributed by atoms with van der Waals surface area (Å²) >= 11 is 0. The Bertz CT molecular complexity index is 817. The zero-order chi connectivity index (χ0) is 21.0. The van der Waals surface area contributed by atoms with Crippen molar-refractivity contribution in [2.45, 2.75) is 59.8 Å². The number of hydrogen-bond donors (Lipinski definition) is 1. The van der Waals surface area contributed by atoms with Gasteiger partial charge in [0.15, 0.2) is 0 Å². The average Bonchev–Trinajstić information content (AvgIpc) is 2.98. The molecule has 0 amide bonds. The molecule has 29 heavy (non-hydrogen) atoms. The van der Waals surface area contributed by atoms with Gasteiger partial charge >= 0.3 is 0 Å². The first kappa shape index (κ1) is 21.8. The Morgan fingerprint density at radius 1 is 1.17 bits per heavy atom. The molecule has 0 unspecified atom stereocenters. The summed E-state index contributed by atoms with van der Waals surface area (Å²) in [4.78, 5) is 5.04. The van der Waals surface area contributed by atoms with Crippen molar-refractivity contribution in [3.8, 4) is 5.75 Å². The monoisotopic (exact) mass is 400 g/mol. The highest BCUT2D eigenvalue weighted by Gasteiger charge is 2.28. The Morgan fingerprint density at radius 2 is 1.97 bits per heavy atom. The second-order valence-corrected chi connectivity index (χ2v) is 8.14. The molecule has 1 atom stereocenters. The minimum atomic E-state index is 0.225. The number of hydrogen-bond acceptors (Lipinski definition) is 5. The maximum atomic E-state index is 9.64. The SMILES string of the molecule is CCn1nc(C)c(CN2CCN(Cc3ccc(OC)c(C)c3)[C@@H](CCO)C2)c1C. The molecular formula is C23H36N4O2. The predicted octanol–water partition coefficient (Wildman–Crippen LogP) is 2.91. The zero-order valence-corrected chi connectivity index (χ0v) is 18.6. The lowest BCUT2D eigenvalue weighted by molar-refractivity contribution is 0.0498. The lowest BCUT2D eigenvalue weighted by atomic mass is 10.0. The van der Waals surface area contributed by atoms with Crippen LogP contribution in [-0.2, 0) is 19.6 Å². The lowest BCUT2D eigenvalue weighted by Crippen LogP contribution is -2.52. The molecule has 2 aromatic rings. The number of benzene rings is 1. The highest BCUT2D eigenvalue weighted by Crippen LogP contribution is 2.23. The van der Waals surface area contributed by atoms with Crippen LogP contribution in [-0.4, -0.2) is 64.1 Å². The van der Waals surface area contributed by atoms with Gasteiger partial charge in [0.05, 0.1) is 12.8 Å². The number of aliphatic hydroxyl groups excluding tert-OH is 1. The number of aliphatic hydroxyl groups is 1. The Labute approximate surface area is 175 Å². The van der Waals surface area contributed by atoms with Gasteiger partial charge in [-0.3, -0.25) is 14.5 Å². The molecule has 1 aliphatic heterocycles. The molecule has 1 saturated heterocycles. The highest BCUT2D eigenvalue weighted by atomic mass is 16.5. The van der Waals surface area contributed by atoms with Crippen LogP contribution in [0, 0.1) is 20.8 Å². The van der Waals surface area contributed by atoms with E-state index >= 15 is 0 Å². The molecule has 0 bridgehead atoms. The van der Waals surface area contributed by atoms with Crippen molar-refractivity contribution < 1.29 is 9.84 Å². The van der Waals surface area contributed by atoms with E-state index in [0.29, 0.717) is 6.04 Å². The highest BCUT2D eigenvalue weighted by molar-refractivity contribution is 5.36. The summed E-state index contributed by atoms with van der Waals surface area (Å²) in [5, 5.41) is 14.3. The standard InChI is InChI=1S/C23H36N4O2/c1-6-27-19(4)22(18(3)24-27)16-25-10-11-26(21(15-25)9-12-28)14-20-7-8-23(29-5)17(2)13-20/h7-8,13,21,28H,6,9-12,14-16H2,1-5H3/t21-/m0/s1. The number of aromatic nitrogens is 2. The summed E-state index contributed by atoms with van der Waals surface area (Å²) in [6.45, 7) is 14.5. The fourth-order valence-electron chi connectivity index (χ4n) is 4.50. The number of piperazine rings is 1. The van der Waals surface area contributed by atoms with E-state index < -0.39 is 0 Å². The third-order valence-electron chi connectivity index (χ3n) is 6.21. The first-order valence-corrected chi connectivity index (χ1v) is 10.7. The van der Waals surface area contributed by atoms with Gasteiger partial charge in [-0.2, -0.15) is 5.10 Å². The molecule has 1 fully saturated rings. The van der Waals surface area contributed by atoms with Crippen LogP contribution in [0.1, 0.15) is 41.4 Å². The summed E-state index contributed by atoms with van der Waals surface area (Å²) in [7, 11) is 1.71. The second kappa shape index (κ2) is 9.74. The topological polar surface area (TPSA) is 53.8 Å². The molecule has 6 nitrogen and oxygen atoms in total. The number of rotatable bonds is 8. The molecule has 3 rings (SSSR count). The molecule has 0 spiro atoms. The van der Waals surface area contributed by atoms with Crippen LogP contribution in [0.25, 0.3) is 0 Å². The number of ether oxygens (including phenoxy) is 1. The summed E-state index contributed by atoms with van der Waals surface area (Å²) in [5.41, 5.74) is 6.24. The van der Waals surface area contributed by atoms with Crippen molar-refractivity contribution in [3.63, 3.8) is 0 Å². The molecule has 1 aliphatic rings. The first-order valence-electron chi connectivity index (χ1n) is 10.7. The van der Waals surface area contributed by atoms with E-state index in [2.05, 4.69) is 65.5 Å². The molecule has 160 valence electrons. The van der Waals surface area contributed by atoms with E-state index in [1.807, 2.05) is 0 Å². The van der Waals surface area contributed by atoms with Gasteiger partial charge < -0.3 is 9.84 Å². The third-order valence-corrected chi connectivity index (χ3v) is 6.21. The van der Waals surface area contributed by atoms with Gasteiger partial charge in [-0.25, -0.2) is 0 Å². The summed E-state index contributed by atoms with van der Waals surface area (Å²) in [6, 6.07) is 6.78. The molecule has 6 heteroatoms. The van der Waals surface area contributed by atoms with Crippen molar-refractivity contribution in [1.82, 2.24) is 19.6 Å². The second-order valence-electron chi connectivity index (χ2n) is 8.14. The number of nitrogens with zero attached hydrogens (tertiary/aromatic N) is 4. The molecular weight excluding hydrogens is 364 g/mol. The van der Waals surface area contributed by atoms with Gasteiger partial charge in [0.25, 0.3) is 0 Å². The van der Waals surface area contributed by atoms with Gasteiger partial charge in [0.2, 0.25) is 0 Å². The largest absolute Gasteiger partial charge is 0.496 e. The maximum absolute atomic E-state index is 9.64. The fourth-order valence-corrected chi connectivity index (χ4v) is 4.50. The van der Waals surface area contributed by atoms with Crippen LogP contribution in [0.3, 0.4) is 0 Å². The van der Waals surface area contributed by atoms with Crippen molar-refractivity contribution in [2.24, 2.45) is 0 Å². The van der Waals surface area contributed by atoms with Crippen molar-refractivity contribution >= 4 is 0 Å².